The van der Waals surface area contributed by atoms with Gasteiger partial charge in [0.05, 0.1) is 45.4 Å². The molecule has 3 aromatic rings. The number of halogens is 1. The average Bonchev–Trinajstić information content (AvgIpc) is 3.46. The summed E-state index contributed by atoms with van der Waals surface area (Å²) in [6, 6.07) is 8.91. The minimum absolute atomic E-state index is 0.0112. The summed E-state index contributed by atoms with van der Waals surface area (Å²) in [5.74, 6) is -1.57. The standard InChI is InChI=1S/C46H54FN9O6/c1-25-20-30(9-8-29(25)23-48)62-43-45(4,5)42(46(43,6)7)52-39(59)37-26(2)49-44(50-27(37)3)55-14-12-28(13-15-55)24-53-16-18-54(19-17-53)35-22-32-31(21-33(35)47)40(60)56(41(32)61)34-10-11-36(57)51-38(34)58/h8-9,20-22,28,34,42-43H,10-19,24H2,1-7H3,(H,52,59)(H,51,57,58). The number of anilines is 2. The van der Waals surface area contributed by atoms with Crippen LogP contribution in [0.2, 0.25) is 0 Å². The molecule has 16 heteroatoms. The molecule has 5 heterocycles. The molecule has 62 heavy (non-hydrogen) atoms. The molecule has 4 fully saturated rings. The number of nitriles is 1. The summed E-state index contributed by atoms with van der Waals surface area (Å²) in [4.78, 5) is 81.5. The zero-order valence-electron chi connectivity index (χ0n) is 36.4. The largest absolute Gasteiger partial charge is 0.489 e. The number of rotatable bonds is 9. The highest BCUT2D eigenvalue weighted by Crippen LogP contribution is 2.55. The van der Waals surface area contributed by atoms with Crippen LogP contribution < -0.4 is 25.2 Å². The quantitative estimate of drug-likeness (QED) is 0.289. The highest BCUT2D eigenvalue weighted by Gasteiger charge is 2.64. The summed E-state index contributed by atoms with van der Waals surface area (Å²) < 4.78 is 22.0. The van der Waals surface area contributed by atoms with Gasteiger partial charge in [0.2, 0.25) is 17.8 Å². The highest BCUT2D eigenvalue weighted by atomic mass is 19.1. The molecule has 2 aromatic carbocycles. The van der Waals surface area contributed by atoms with Crippen molar-refractivity contribution < 1.29 is 33.1 Å². The molecule has 1 aromatic heterocycles. The number of aryl methyl sites for hydroxylation is 3. The summed E-state index contributed by atoms with van der Waals surface area (Å²) in [6.07, 6.45) is 1.76. The second-order valence-electron chi connectivity index (χ2n) is 18.7. The number of fused-ring (bicyclic) bond motifs is 1. The zero-order valence-corrected chi connectivity index (χ0v) is 36.4. The molecule has 5 aliphatic rings. The van der Waals surface area contributed by atoms with Gasteiger partial charge in [-0.2, -0.15) is 5.26 Å². The van der Waals surface area contributed by atoms with Crippen LogP contribution in [0.3, 0.4) is 0 Å². The first-order valence-corrected chi connectivity index (χ1v) is 21.5. The van der Waals surface area contributed by atoms with Gasteiger partial charge in [-0.3, -0.25) is 39.1 Å². The van der Waals surface area contributed by atoms with E-state index in [0.29, 0.717) is 66.3 Å². The number of carbonyl (C=O) groups is 5. The fraction of sp³-hybridized carbons (Fsp3) is 0.522. The summed E-state index contributed by atoms with van der Waals surface area (Å²) >= 11 is 0. The lowest BCUT2D eigenvalue weighted by Gasteiger charge is -2.63. The van der Waals surface area contributed by atoms with E-state index < -0.39 is 35.5 Å². The van der Waals surface area contributed by atoms with Gasteiger partial charge in [-0.05, 0) is 81.8 Å². The molecule has 2 N–H and O–H groups in total. The Labute approximate surface area is 361 Å². The van der Waals surface area contributed by atoms with Crippen LogP contribution >= 0.6 is 0 Å². The van der Waals surface area contributed by atoms with Gasteiger partial charge in [0.1, 0.15) is 23.7 Å². The van der Waals surface area contributed by atoms with Gasteiger partial charge < -0.3 is 19.9 Å². The molecule has 0 spiro atoms. The van der Waals surface area contributed by atoms with Crippen LogP contribution in [-0.4, -0.2) is 113 Å². The van der Waals surface area contributed by atoms with E-state index in [1.165, 1.54) is 6.07 Å². The average molecular weight is 848 g/mol. The lowest BCUT2D eigenvalue weighted by atomic mass is 9.49. The van der Waals surface area contributed by atoms with Crippen LogP contribution in [0.4, 0.5) is 16.0 Å². The Hall–Kier alpha value is -5.95. The molecule has 0 radical (unpaired) electrons. The number of piperidine rings is 2. The smallest absolute Gasteiger partial charge is 0.262 e. The summed E-state index contributed by atoms with van der Waals surface area (Å²) in [7, 11) is 0. The molecule has 8 rings (SSSR count). The molecule has 1 unspecified atom stereocenters. The minimum Gasteiger partial charge on any atom is -0.489 e. The minimum atomic E-state index is -1.11. The van der Waals surface area contributed by atoms with Gasteiger partial charge in [-0.1, -0.05) is 27.7 Å². The normalized spacial score (nSPS) is 23.7. The predicted octanol–water partition coefficient (Wildman–Crippen LogP) is 4.46. The Morgan fingerprint density at radius 1 is 0.887 bits per heavy atom. The van der Waals surface area contributed by atoms with Gasteiger partial charge in [0, 0.05) is 69.1 Å². The number of nitrogens with zero attached hydrogens (tertiary/aromatic N) is 7. The fourth-order valence-electron chi connectivity index (χ4n) is 10.7. The number of benzene rings is 2. The van der Waals surface area contributed by atoms with Crippen molar-refractivity contribution in [1.82, 2.24) is 30.4 Å². The van der Waals surface area contributed by atoms with Crippen molar-refractivity contribution in [1.29, 1.82) is 5.26 Å². The first kappa shape index (κ1) is 42.7. The van der Waals surface area contributed by atoms with Crippen molar-refractivity contribution >= 4 is 41.2 Å². The summed E-state index contributed by atoms with van der Waals surface area (Å²) in [6.45, 7) is 19.0. The van der Waals surface area contributed by atoms with Crippen molar-refractivity contribution in [2.75, 3.05) is 55.6 Å². The Morgan fingerprint density at radius 2 is 1.52 bits per heavy atom. The van der Waals surface area contributed by atoms with E-state index in [1.54, 1.807) is 6.07 Å². The van der Waals surface area contributed by atoms with E-state index in [-0.39, 0.29) is 58.5 Å². The van der Waals surface area contributed by atoms with E-state index in [2.05, 4.69) is 54.2 Å². The molecule has 0 bridgehead atoms. The third-order valence-corrected chi connectivity index (χ3v) is 13.8. The molecule has 3 saturated heterocycles. The molecule has 5 amide bonds. The Bertz CT molecular complexity index is 2370. The van der Waals surface area contributed by atoms with Crippen LogP contribution in [-0.2, 0) is 9.59 Å². The van der Waals surface area contributed by atoms with Crippen molar-refractivity contribution in [2.45, 2.75) is 92.3 Å². The van der Waals surface area contributed by atoms with Crippen molar-refractivity contribution in [3.63, 3.8) is 0 Å². The second-order valence-corrected chi connectivity index (χ2v) is 18.7. The molecular formula is C46H54FN9O6. The molecule has 326 valence electrons. The predicted molar refractivity (Wildman–Crippen MR) is 227 cm³/mol. The number of hydrogen-bond donors (Lipinski definition) is 2. The zero-order chi connectivity index (χ0) is 44.4. The molecule has 15 nitrogen and oxygen atoms in total. The van der Waals surface area contributed by atoms with Crippen molar-refractivity contribution in [2.24, 2.45) is 16.7 Å². The maximum absolute atomic E-state index is 15.5. The summed E-state index contributed by atoms with van der Waals surface area (Å²) in [5.41, 5.74) is 2.70. The third kappa shape index (κ3) is 7.54. The molecular weight excluding hydrogens is 794 g/mol. The number of nitrogens with one attached hydrogen (secondary N) is 2. The SMILES string of the molecule is Cc1cc(OC2C(C)(C)C(NC(=O)c3c(C)nc(N4CCC(CN5CCN(c6cc7c(cc6F)C(=O)N(C6CCC(=O)NC6=O)C7=O)CC5)CC4)nc3C)C2(C)C)ccc1C#N. The lowest BCUT2D eigenvalue weighted by molar-refractivity contribution is -0.164. The first-order chi connectivity index (χ1) is 29.4. The van der Waals surface area contributed by atoms with Crippen LogP contribution in [0.1, 0.15) is 107 Å². The van der Waals surface area contributed by atoms with Gasteiger partial charge in [0.15, 0.2) is 0 Å². The number of piperazine rings is 1. The third-order valence-electron chi connectivity index (χ3n) is 13.8. The van der Waals surface area contributed by atoms with E-state index >= 15 is 4.39 Å². The van der Waals surface area contributed by atoms with Gasteiger partial charge in [-0.25, -0.2) is 14.4 Å². The van der Waals surface area contributed by atoms with Gasteiger partial charge in [0.25, 0.3) is 17.7 Å². The first-order valence-electron chi connectivity index (χ1n) is 21.5. The Kier molecular flexibility index (Phi) is 11.1. The number of amides is 5. The van der Waals surface area contributed by atoms with Crippen LogP contribution in [0.25, 0.3) is 0 Å². The molecule has 1 aliphatic carbocycles. The summed E-state index contributed by atoms with van der Waals surface area (Å²) in [5, 5.41) is 14.8. The number of aromatic nitrogens is 2. The van der Waals surface area contributed by atoms with E-state index in [0.717, 1.165) is 49.0 Å². The van der Waals surface area contributed by atoms with Crippen molar-refractivity contribution in [3.05, 3.63) is 75.4 Å². The lowest BCUT2D eigenvalue weighted by Crippen LogP contribution is -2.74. The molecule has 1 saturated carbocycles. The number of carbonyl (C=O) groups excluding carboxylic acids is 5. The maximum atomic E-state index is 15.5. The monoisotopic (exact) mass is 847 g/mol. The molecule has 1 atom stereocenters. The Balaban J connectivity index is 0.829. The van der Waals surface area contributed by atoms with E-state index in [1.807, 2.05) is 37.8 Å². The van der Waals surface area contributed by atoms with Crippen LogP contribution in [0.5, 0.6) is 5.75 Å². The van der Waals surface area contributed by atoms with E-state index in [9.17, 15) is 29.2 Å². The second kappa shape index (κ2) is 16.1. The van der Waals surface area contributed by atoms with E-state index in [4.69, 9.17) is 14.7 Å². The topological polar surface area (TPSA) is 181 Å². The van der Waals surface area contributed by atoms with Gasteiger partial charge >= 0.3 is 0 Å². The number of imide groups is 2. The highest BCUT2D eigenvalue weighted by molar-refractivity contribution is 6.23. The Morgan fingerprint density at radius 3 is 2.11 bits per heavy atom. The fourth-order valence-corrected chi connectivity index (χ4v) is 10.7. The number of ether oxygens (including phenoxy) is 1. The van der Waals surface area contributed by atoms with Crippen molar-refractivity contribution in [3.8, 4) is 11.8 Å². The van der Waals surface area contributed by atoms with Gasteiger partial charge in [-0.15, -0.1) is 0 Å². The van der Waals surface area contributed by atoms with Crippen LogP contribution in [0, 0.1) is 54.7 Å². The van der Waals surface area contributed by atoms with Crippen LogP contribution in [0.15, 0.2) is 30.3 Å². The maximum Gasteiger partial charge on any atom is 0.262 e. The number of hydrogen-bond acceptors (Lipinski definition) is 12. The molecule has 4 aliphatic heterocycles.